The van der Waals surface area contributed by atoms with Gasteiger partial charge in [-0.05, 0) is 78.8 Å². The van der Waals surface area contributed by atoms with E-state index in [2.05, 4.69) is 52.2 Å². The summed E-state index contributed by atoms with van der Waals surface area (Å²) < 4.78 is 1.25. The summed E-state index contributed by atoms with van der Waals surface area (Å²) in [5.41, 5.74) is 6.78. The average molecular weight is 431 g/mol. The molecular formula is C16H23IN2O2S. The van der Waals surface area contributed by atoms with Crippen molar-refractivity contribution in [3.8, 4) is 0 Å². The number of rotatable bonds is 10. The Morgan fingerprint density at radius 2 is 1.95 bits per heavy atom. The summed E-state index contributed by atoms with van der Waals surface area (Å²) in [7, 11) is 0. The van der Waals surface area contributed by atoms with Gasteiger partial charge in [0, 0.05) is 10.1 Å². The Balaban J connectivity index is 2.04. The van der Waals surface area contributed by atoms with E-state index in [4.69, 9.17) is 23.1 Å². The Hall–Kier alpha value is -0.730. The molecule has 1 atom stereocenters. The highest BCUT2D eigenvalue weighted by molar-refractivity contribution is 14.1. The summed E-state index contributed by atoms with van der Waals surface area (Å²) >= 11 is 7.60. The van der Waals surface area contributed by atoms with E-state index in [1.165, 1.54) is 9.13 Å². The van der Waals surface area contributed by atoms with Crippen LogP contribution in [0.15, 0.2) is 24.3 Å². The number of aliphatic carboxylic acids is 1. The fraction of sp³-hybridized carbons (Fsp3) is 0.500. The second-order valence-electron chi connectivity index (χ2n) is 5.27. The molecule has 0 aliphatic rings. The van der Waals surface area contributed by atoms with E-state index in [0.717, 1.165) is 43.6 Å². The van der Waals surface area contributed by atoms with Crippen LogP contribution in [0.4, 0.5) is 0 Å². The first-order chi connectivity index (χ1) is 10.5. The number of hydrogen-bond donors (Lipinski definition) is 3. The van der Waals surface area contributed by atoms with Crippen molar-refractivity contribution in [2.24, 2.45) is 5.73 Å². The molecule has 1 aromatic carbocycles. The SMILES string of the molecule is N[C@@H](CCCCNC(=S)CCCc1ccc([124I])cc1)C(=O)O. The predicted molar refractivity (Wildman–Crippen MR) is 102 cm³/mol. The van der Waals surface area contributed by atoms with Crippen LogP contribution in [0, 0.1) is 3.57 Å². The number of unbranched alkanes of at least 4 members (excludes halogenated alkanes) is 1. The van der Waals surface area contributed by atoms with Gasteiger partial charge < -0.3 is 16.2 Å². The molecule has 1 rings (SSSR count). The minimum absolute atomic E-state index is 0.510. The quantitative estimate of drug-likeness (QED) is 0.302. The highest BCUT2D eigenvalue weighted by Crippen LogP contribution is 2.09. The number of benzene rings is 1. The lowest BCUT2D eigenvalue weighted by Gasteiger charge is -2.09. The summed E-state index contributed by atoms with van der Waals surface area (Å²) in [6.07, 6.45) is 5.15. The van der Waals surface area contributed by atoms with E-state index in [1.54, 1.807) is 0 Å². The molecule has 0 saturated carbocycles. The molecule has 0 amide bonds. The van der Waals surface area contributed by atoms with Crippen molar-refractivity contribution in [1.29, 1.82) is 0 Å². The monoisotopic (exact) mass is 431 g/mol. The molecule has 0 aliphatic carbocycles. The average Bonchev–Trinajstić information content (AvgIpc) is 2.48. The Morgan fingerprint density at radius 3 is 2.59 bits per heavy atom. The van der Waals surface area contributed by atoms with Crippen molar-refractivity contribution in [2.45, 2.75) is 44.6 Å². The number of hydrogen-bond acceptors (Lipinski definition) is 3. The molecule has 0 saturated heterocycles. The van der Waals surface area contributed by atoms with Gasteiger partial charge in [0.15, 0.2) is 0 Å². The molecule has 0 bridgehead atoms. The van der Waals surface area contributed by atoms with Gasteiger partial charge in [-0.2, -0.15) is 0 Å². The highest BCUT2D eigenvalue weighted by atomic mass is 124. The summed E-state index contributed by atoms with van der Waals surface area (Å²) in [5, 5.41) is 11.9. The van der Waals surface area contributed by atoms with E-state index in [-0.39, 0.29) is 0 Å². The van der Waals surface area contributed by atoms with E-state index in [0.29, 0.717) is 6.42 Å². The zero-order chi connectivity index (χ0) is 16.4. The first kappa shape index (κ1) is 19.3. The van der Waals surface area contributed by atoms with Crippen LogP contribution in [0.2, 0.25) is 0 Å². The van der Waals surface area contributed by atoms with Gasteiger partial charge in [-0.3, -0.25) is 4.79 Å². The van der Waals surface area contributed by atoms with Crippen LogP contribution in [-0.4, -0.2) is 28.7 Å². The summed E-state index contributed by atoms with van der Waals surface area (Å²) in [6, 6.07) is 7.80. The van der Waals surface area contributed by atoms with Gasteiger partial charge in [-0.25, -0.2) is 0 Å². The summed E-state index contributed by atoms with van der Waals surface area (Å²) in [6.45, 7) is 0.786. The van der Waals surface area contributed by atoms with E-state index in [9.17, 15) is 4.79 Å². The topological polar surface area (TPSA) is 75.3 Å². The molecule has 0 spiro atoms. The lowest BCUT2D eigenvalue weighted by Crippen LogP contribution is -2.30. The van der Waals surface area contributed by atoms with E-state index in [1.807, 2.05) is 0 Å². The Labute approximate surface area is 151 Å². The molecule has 0 aliphatic heterocycles. The van der Waals surface area contributed by atoms with Gasteiger partial charge >= 0.3 is 5.97 Å². The number of thiocarbonyl (C=S) groups is 1. The molecule has 0 aromatic heterocycles. The number of carboxylic acids is 1. The number of halogens is 1. The molecule has 22 heavy (non-hydrogen) atoms. The maximum absolute atomic E-state index is 10.6. The highest BCUT2D eigenvalue weighted by Gasteiger charge is 2.09. The third kappa shape index (κ3) is 8.65. The molecule has 4 N–H and O–H groups in total. The molecule has 122 valence electrons. The fourth-order valence-corrected chi connectivity index (χ4v) is 2.64. The number of aryl methyl sites for hydroxylation is 1. The van der Waals surface area contributed by atoms with Crippen LogP contribution in [0.1, 0.15) is 37.7 Å². The maximum atomic E-state index is 10.6. The largest absolute Gasteiger partial charge is 0.480 e. The molecular weight excluding hydrogens is 408 g/mol. The summed E-state index contributed by atoms with van der Waals surface area (Å²) in [5.74, 6) is -0.931. The van der Waals surface area contributed by atoms with Crippen molar-refractivity contribution in [3.63, 3.8) is 0 Å². The van der Waals surface area contributed by atoms with Gasteiger partial charge in [-0.1, -0.05) is 24.4 Å². The zero-order valence-electron chi connectivity index (χ0n) is 12.6. The third-order valence-corrected chi connectivity index (χ3v) is 4.43. The first-order valence-electron chi connectivity index (χ1n) is 7.48. The standard InChI is InChI=1S/C16H23IN2O2S/c17-13-9-7-12(8-10-13)4-3-6-15(22)19-11-2-1-5-14(18)16(20)21/h7-10,14H,1-6,11,18H2,(H,19,22)(H,20,21)/t14-/m0/s1/i17-3. The molecule has 1 aromatic rings. The van der Waals surface area contributed by atoms with Gasteiger partial charge in [0.1, 0.15) is 6.04 Å². The van der Waals surface area contributed by atoms with Crippen LogP contribution in [0.5, 0.6) is 0 Å². The van der Waals surface area contributed by atoms with Crippen molar-refractivity contribution in [1.82, 2.24) is 5.32 Å². The number of carboxylic acid groups (broad SMARTS) is 1. The third-order valence-electron chi connectivity index (χ3n) is 3.36. The van der Waals surface area contributed by atoms with Gasteiger partial charge in [0.05, 0.1) is 4.99 Å². The molecule has 0 radical (unpaired) electrons. The first-order valence-corrected chi connectivity index (χ1v) is 8.97. The minimum Gasteiger partial charge on any atom is -0.480 e. The number of nitrogens with two attached hydrogens (primary N) is 1. The molecule has 0 heterocycles. The van der Waals surface area contributed by atoms with Gasteiger partial charge in [0.2, 0.25) is 0 Å². The predicted octanol–water partition coefficient (Wildman–Crippen LogP) is 3.11. The second kappa shape index (κ2) is 10.9. The second-order valence-corrected chi connectivity index (χ2v) is 7.01. The lowest BCUT2D eigenvalue weighted by atomic mass is 10.1. The van der Waals surface area contributed by atoms with Crippen molar-refractivity contribution in [2.75, 3.05) is 6.54 Å². The van der Waals surface area contributed by atoms with Crippen molar-refractivity contribution >= 4 is 45.8 Å². The molecule has 4 nitrogen and oxygen atoms in total. The lowest BCUT2D eigenvalue weighted by molar-refractivity contribution is -0.138. The summed E-state index contributed by atoms with van der Waals surface area (Å²) in [4.78, 5) is 11.4. The van der Waals surface area contributed by atoms with Crippen LogP contribution >= 0.6 is 34.8 Å². The zero-order valence-corrected chi connectivity index (χ0v) is 15.5. The van der Waals surface area contributed by atoms with Gasteiger partial charge in [-0.15, -0.1) is 0 Å². The van der Waals surface area contributed by atoms with Crippen LogP contribution in [-0.2, 0) is 11.2 Å². The van der Waals surface area contributed by atoms with Crippen LogP contribution in [0.3, 0.4) is 0 Å². The number of nitrogens with one attached hydrogen (secondary N) is 1. The van der Waals surface area contributed by atoms with Crippen molar-refractivity contribution in [3.05, 3.63) is 33.4 Å². The molecule has 0 fully saturated rings. The Kier molecular flexibility index (Phi) is 9.58. The van der Waals surface area contributed by atoms with E-state index < -0.39 is 12.0 Å². The van der Waals surface area contributed by atoms with Crippen LogP contribution < -0.4 is 11.1 Å². The van der Waals surface area contributed by atoms with Gasteiger partial charge in [0.25, 0.3) is 0 Å². The number of carbonyl (C=O) groups is 1. The fourth-order valence-electron chi connectivity index (χ4n) is 2.03. The van der Waals surface area contributed by atoms with Crippen LogP contribution in [0.25, 0.3) is 0 Å². The van der Waals surface area contributed by atoms with Crippen molar-refractivity contribution < 1.29 is 9.90 Å². The Bertz CT molecular complexity index is 480. The maximum Gasteiger partial charge on any atom is 0.320 e. The smallest absolute Gasteiger partial charge is 0.320 e. The Morgan fingerprint density at radius 1 is 1.27 bits per heavy atom. The molecule has 0 unspecified atom stereocenters. The normalized spacial score (nSPS) is 11.9. The van der Waals surface area contributed by atoms with E-state index >= 15 is 0 Å². The minimum atomic E-state index is -0.931. The molecule has 6 heteroatoms.